The molecule has 0 spiro atoms. The van der Waals surface area contributed by atoms with Gasteiger partial charge < -0.3 is 39.6 Å². The van der Waals surface area contributed by atoms with Crippen molar-refractivity contribution in [1.29, 1.82) is 0 Å². The first-order valence-corrected chi connectivity index (χ1v) is 16.3. The Balaban J connectivity index is 1.60. The van der Waals surface area contributed by atoms with Crippen molar-refractivity contribution in [3.05, 3.63) is 71.8 Å². The Morgan fingerprint density at radius 1 is 0.596 bits per heavy atom. The molecule has 0 heterocycles. The van der Waals surface area contributed by atoms with Crippen molar-refractivity contribution >= 4 is 23.9 Å². The number of amides is 3. The maximum atomic E-state index is 13.0. The van der Waals surface area contributed by atoms with Gasteiger partial charge in [0, 0.05) is 45.7 Å². The van der Waals surface area contributed by atoms with Crippen LogP contribution in [-0.2, 0) is 51.3 Å². The molecular weight excluding hydrogens is 606 g/mol. The van der Waals surface area contributed by atoms with Gasteiger partial charge in [0.25, 0.3) is 0 Å². The zero-order chi connectivity index (χ0) is 33.8. The predicted octanol–water partition coefficient (Wildman–Crippen LogP) is 3.92. The second-order valence-corrected chi connectivity index (χ2v) is 10.8. The van der Waals surface area contributed by atoms with Crippen LogP contribution in [0.2, 0.25) is 0 Å². The molecule has 12 nitrogen and oxygen atoms in total. The Hall–Kier alpha value is -4.00. The molecule has 0 aliphatic carbocycles. The molecule has 2 aromatic carbocycles. The van der Waals surface area contributed by atoms with E-state index in [0.29, 0.717) is 85.0 Å². The lowest BCUT2D eigenvalue weighted by Crippen LogP contribution is -2.33. The van der Waals surface area contributed by atoms with Crippen LogP contribution < -0.4 is 16.0 Å². The van der Waals surface area contributed by atoms with E-state index in [2.05, 4.69) is 16.0 Å². The number of nitrogens with one attached hydrogen (secondary N) is 3. The summed E-state index contributed by atoms with van der Waals surface area (Å²) in [7, 11) is 0. The minimum Gasteiger partial charge on any atom is -0.461 e. The molecule has 12 heteroatoms. The number of alkyl carbamates (subject to hydrolysis) is 1. The zero-order valence-electron chi connectivity index (χ0n) is 27.5. The Morgan fingerprint density at radius 2 is 1.11 bits per heavy atom. The summed E-state index contributed by atoms with van der Waals surface area (Å²) in [5.41, 5.74) is 1.78. The van der Waals surface area contributed by atoms with E-state index in [1.807, 2.05) is 60.7 Å². The second kappa shape index (κ2) is 26.1. The lowest BCUT2D eigenvalue weighted by Gasteiger charge is -2.17. The third-order valence-electron chi connectivity index (χ3n) is 6.84. The Labute approximate surface area is 278 Å². The number of hydrogen-bond donors (Lipinski definition) is 3. The van der Waals surface area contributed by atoms with Gasteiger partial charge in [0.15, 0.2) is 0 Å². The molecule has 0 saturated carbocycles. The predicted molar refractivity (Wildman–Crippen MR) is 176 cm³/mol. The molecule has 0 bridgehead atoms. The number of esters is 1. The fraction of sp³-hybridized carbons (Fsp3) is 0.543. The van der Waals surface area contributed by atoms with Crippen LogP contribution in [0.5, 0.6) is 0 Å². The van der Waals surface area contributed by atoms with Gasteiger partial charge >= 0.3 is 12.1 Å². The van der Waals surface area contributed by atoms with Crippen LogP contribution >= 0.6 is 0 Å². The van der Waals surface area contributed by atoms with E-state index in [1.54, 1.807) is 0 Å². The molecule has 47 heavy (non-hydrogen) atoms. The highest BCUT2D eigenvalue weighted by Crippen LogP contribution is 2.15. The van der Waals surface area contributed by atoms with Crippen molar-refractivity contribution in [2.45, 2.75) is 58.7 Å². The summed E-state index contributed by atoms with van der Waals surface area (Å²) in [6, 6.07) is 18.8. The van der Waals surface area contributed by atoms with E-state index in [0.717, 1.165) is 17.5 Å². The van der Waals surface area contributed by atoms with E-state index in [1.165, 1.54) is 6.92 Å². The highest BCUT2D eigenvalue weighted by Gasteiger charge is 2.22. The van der Waals surface area contributed by atoms with Crippen LogP contribution in [0.4, 0.5) is 4.79 Å². The average Bonchev–Trinajstić information content (AvgIpc) is 3.08. The number of hydrogen-bond acceptors (Lipinski definition) is 9. The van der Waals surface area contributed by atoms with E-state index in [9.17, 15) is 19.2 Å². The number of carbonyl (C=O) groups excluding carboxylic acids is 4. The maximum Gasteiger partial charge on any atom is 0.407 e. The Bertz CT molecular complexity index is 1140. The number of ether oxygens (including phenoxy) is 5. The van der Waals surface area contributed by atoms with Crippen molar-refractivity contribution in [3.8, 4) is 0 Å². The molecular formula is C35H51N3O9. The van der Waals surface area contributed by atoms with E-state index in [4.69, 9.17) is 23.7 Å². The average molecular weight is 658 g/mol. The lowest BCUT2D eigenvalue weighted by molar-refractivity contribution is -0.148. The number of benzene rings is 2. The molecule has 0 aromatic heterocycles. The fourth-order valence-electron chi connectivity index (χ4n) is 4.32. The normalized spacial score (nSPS) is 11.3. The van der Waals surface area contributed by atoms with Gasteiger partial charge in [-0.05, 0) is 36.8 Å². The Morgan fingerprint density at radius 3 is 1.68 bits per heavy atom. The van der Waals surface area contributed by atoms with Crippen molar-refractivity contribution in [2.75, 3.05) is 59.3 Å². The van der Waals surface area contributed by atoms with Gasteiger partial charge in [-0.15, -0.1) is 0 Å². The minimum atomic E-state index is -0.551. The first kappa shape index (κ1) is 39.2. The quantitative estimate of drug-likeness (QED) is 0.101. The maximum absolute atomic E-state index is 13.0. The van der Waals surface area contributed by atoms with E-state index >= 15 is 0 Å². The van der Waals surface area contributed by atoms with Crippen LogP contribution in [0.15, 0.2) is 60.7 Å². The molecule has 1 atom stereocenters. The van der Waals surface area contributed by atoms with Crippen molar-refractivity contribution in [1.82, 2.24) is 16.0 Å². The molecule has 2 rings (SSSR count). The number of carbonyl (C=O) groups is 4. The smallest absolute Gasteiger partial charge is 0.407 e. The summed E-state index contributed by atoms with van der Waals surface area (Å²) in [5.74, 6) is -1.24. The van der Waals surface area contributed by atoms with Gasteiger partial charge in [-0.1, -0.05) is 67.1 Å². The fourth-order valence-corrected chi connectivity index (χ4v) is 4.32. The highest BCUT2D eigenvalue weighted by atomic mass is 16.6. The summed E-state index contributed by atoms with van der Waals surface area (Å²) in [6.45, 7) is 6.06. The second-order valence-electron chi connectivity index (χ2n) is 10.8. The summed E-state index contributed by atoms with van der Waals surface area (Å²) in [4.78, 5) is 48.4. The first-order chi connectivity index (χ1) is 22.9. The number of rotatable bonds is 26. The van der Waals surface area contributed by atoms with Crippen LogP contribution in [0.1, 0.15) is 56.6 Å². The van der Waals surface area contributed by atoms with Crippen molar-refractivity contribution in [3.63, 3.8) is 0 Å². The van der Waals surface area contributed by atoms with Crippen molar-refractivity contribution in [2.24, 2.45) is 5.92 Å². The van der Waals surface area contributed by atoms with Crippen molar-refractivity contribution < 1.29 is 42.9 Å². The summed E-state index contributed by atoms with van der Waals surface area (Å²) in [6.07, 6.45) is 2.57. The monoisotopic (exact) mass is 657 g/mol. The molecule has 260 valence electrons. The van der Waals surface area contributed by atoms with E-state index in [-0.39, 0.29) is 31.4 Å². The van der Waals surface area contributed by atoms with Gasteiger partial charge in [-0.3, -0.25) is 14.4 Å². The topological polar surface area (TPSA) is 151 Å². The third kappa shape index (κ3) is 21.4. The number of unbranched alkanes of at least 4 members (excludes halogenated alkanes) is 1. The molecule has 2 aromatic rings. The molecule has 3 amide bonds. The molecule has 0 radical (unpaired) electrons. The summed E-state index contributed by atoms with van der Waals surface area (Å²) < 4.78 is 27.1. The van der Waals surface area contributed by atoms with Gasteiger partial charge in [0.1, 0.15) is 13.2 Å². The standard InChI is InChI=1S/C35H51N3O9/c1-29(39)36-18-10-20-43-22-24-45-25-23-44-21-11-19-37-34(41)32(26-33(40)46-27-30-12-4-2-5-13-30)16-8-9-17-38-35(42)47-28-31-14-6-3-7-15-31/h2-7,12-15,32H,8-11,16-28H2,1H3,(H,36,39)(H,37,41)(H,38,42)/t32-/m1/s1. The molecule has 0 aliphatic heterocycles. The summed E-state index contributed by atoms with van der Waals surface area (Å²) >= 11 is 0. The lowest BCUT2D eigenvalue weighted by atomic mass is 9.97. The van der Waals surface area contributed by atoms with Gasteiger partial charge in [-0.25, -0.2) is 4.79 Å². The van der Waals surface area contributed by atoms with Crippen LogP contribution in [0.3, 0.4) is 0 Å². The largest absolute Gasteiger partial charge is 0.461 e. The zero-order valence-corrected chi connectivity index (χ0v) is 27.5. The van der Waals surface area contributed by atoms with Gasteiger partial charge in [0.2, 0.25) is 11.8 Å². The Kier molecular flexibility index (Phi) is 21.8. The van der Waals surface area contributed by atoms with Gasteiger partial charge in [0.05, 0.1) is 32.8 Å². The van der Waals surface area contributed by atoms with E-state index < -0.39 is 18.0 Å². The molecule has 3 N–H and O–H groups in total. The molecule has 0 saturated heterocycles. The first-order valence-electron chi connectivity index (χ1n) is 16.3. The van der Waals surface area contributed by atoms with Crippen LogP contribution in [0.25, 0.3) is 0 Å². The van der Waals surface area contributed by atoms with Crippen LogP contribution in [0, 0.1) is 5.92 Å². The molecule has 0 fully saturated rings. The molecule has 0 aliphatic rings. The van der Waals surface area contributed by atoms with Gasteiger partial charge in [-0.2, -0.15) is 0 Å². The van der Waals surface area contributed by atoms with Crippen LogP contribution in [-0.4, -0.2) is 83.2 Å². The minimum absolute atomic E-state index is 0.0297. The molecule has 0 unspecified atom stereocenters. The highest BCUT2D eigenvalue weighted by molar-refractivity contribution is 5.83. The SMILES string of the molecule is CC(=O)NCCCOCCOCCOCCCNC(=O)[C@H](CCCCNC(=O)OCc1ccccc1)CC(=O)OCc1ccccc1. The summed E-state index contributed by atoms with van der Waals surface area (Å²) in [5, 5.41) is 8.35. The third-order valence-corrected chi connectivity index (χ3v) is 6.84.